The molecule has 1 saturated carbocycles. The molecule has 0 spiro atoms. The fraction of sp³-hybridized carbons (Fsp3) is 0.357. The van der Waals surface area contributed by atoms with E-state index >= 15 is 0 Å². The Bertz CT molecular complexity index is 728. The van der Waals surface area contributed by atoms with E-state index in [1.807, 2.05) is 28.5 Å². The van der Waals surface area contributed by atoms with Gasteiger partial charge in [0.05, 0.1) is 33.3 Å². The summed E-state index contributed by atoms with van der Waals surface area (Å²) in [6.45, 7) is 1.89. The summed E-state index contributed by atoms with van der Waals surface area (Å²) in [6, 6.07) is 6.15. The van der Waals surface area contributed by atoms with Crippen molar-refractivity contribution in [2.24, 2.45) is 5.92 Å². The number of nitrogens with one attached hydrogen (secondary N) is 1. The molecule has 0 unspecified atom stereocenters. The van der Waals surface area contributed by atoms with Crippen molar-refractivity contribution in [3.8, 4) is 5.69 Å². The van der Waals surface area contributed by atoms with Crippen LogP contribution in [0.4, 0.5) is 0 Å². The predicted molar refractivity (Wildman–Crippen MR) is 79.0 cm³/mol. The maximum atomic E-state index is 4.28. The van der Waals surface area contributed by atoms with E-state index in [4.69, 9.17) is 0 Å². The molecule has 2 aromatic heterocycles. The van der Waals surface area contributed by atoms with E-state index in [1.165, 1.54) is 17.5 Å². The highest BCUT2D eigenvalue weighted by molar-refractivity contribution is 7.16. The molecule has 1 N–H and O–H groups in total. The molecule has 4 rings (SSSR count). The highest BCUT2D eigenvalue weighted by Gasteiger charge is 2.20. The Morgan fingerprint density at radius 1 is 1.35 bits per heavy atom. The highest BCUT2D eigenvalue weighted by atomic mass is 32.1. The molecule has 0 atom stereocenters. The lowest BCUT2D eigenvalue weighted by Crippen LogP contribution is -2.16. The molecular formula is C14H15N5S. The van der Waals surface area contributed by atoms with E-state index in [9.17, 15) is 0 Å². The van der Waals surface area contributed by atoms with Crippen LogP contribution in [-0.4, -0.2) is 26.5 Å². The largest absolute Gasteiger partial charge is 0.311 e. The van der Waals surface area contributed by atoms with Gasteiger partial charge in [-0.1, -0.05) is 5.21 Å². The van der Waals surface area contributed by atoms with Gasteiger partial charge in [-0.15, -0.1) is 16.4 Å². The first-order valence-electron chi connectivity index (χ1n) is 6.84. The molecule has 102 valence electrons. The van der Waals surface area contributed by atoms with Crippen LogP contribution in [0.2, 0.25) is 0 Å². The van der Waals surface area contributed by atoms with Gasteiger partial charge in [0.2, 0.25) is 0 Å². The van der Waals surface area contributed by atoms with Crippen LogP contribution < -0.4 is 5.32 Å². The van der Waals surface area contributed by atoms with Gasteiger partial charge in [-0.25, -0.2) is 9.67 Å². The number of rotatable bonds is 5. The Kier molecular flexibility index (Phi) is 2.97. The van der Waals surface area contributed by atoms with Gasteiger partial charge in [-0.2, -0.15) is 0 Å². The molecule has 0 aliphatic heterocycles. The minimum absolute atomic E-state index is 0.791. The van der Waals surface area contributed by atoms with Crippen molar-refractivity contribution >= 4 is 21.6 Å². The third kappa shape index (κ3) is 2.44. The number of fused-ring (bicyclic) bond motifs is 1. The molecule has 1 aliphatic carbocycles. The second kappa shape index (κ2) is 4.96. The SMILES string of the molecule is c1nc2ccc(-n3cc(CNCC4CC4)nn3)cc2s1. The highest BCUT2D eigenvalue weighted by Crippen LogP contribution is 2.27. The lowest BCUT2D eigenvalue weighted by atomic mass is 10.3. The van der Waals surface area contributed by atoms with Gasteiger partial charge in [0, 0.05) is 6.54 Å². The molecule has 5 nitrogen and oxygen atoms in total. The first-order valence-corrected chi connectivity index (χ1v) is 7.72. The monoisotopic (exact) mass is 285 g/mol. The quantitative estimate of drug-likeness (QED) is 0.782. The molecule has 1 aliphatic rings. The fourth-order valence-electron chi connectivity index (χ4n) is 2.22. The Labute approximate surface area is 120 Å². The average Bonchev–Trinajstić information content (AvgIpc) is 2.99. The van der Waals surface area contributed by atoms with Gasteiger partial charge in [-0.3, -0.25) is 0 Å². The summed E-state index contributed by atoms with van der Waals surface area (Å²) in [6.07, 6.45) is 4.73. The minimum atomic E-state index is 0.791. The van der Waals surface area contributed by atoms with E-state index in [0.717, 1.165) is 35.9 Å². The van der Waals surface area contributed by atoms with Crippen LogP contribution in [0.5, 0.6) is 0 Å². The van der Waals surface area contributed by atoms with Crippen molar-refractivity contribution in [3.05, 3.63) is 35.6 Å². The zero-order valence-electron chi connectivity index (χ0n) is 11.0. The van der Waals surface area contributed by atoms with E-state index in [0.29, 0.717) is 0 Å². The molecule has 0 amide bonds. The van der Waals surface area contributed by atoms with Gasteiger partial charge in [0.15, 0.2) is 0 Å². The summed E-state index contributed by atoms with van der Waals surface area (Å²) in [4.78, 5) is 4.28. The van der Waals surface area contributed by atoms with Gasteiger partial charge >= 0.3 is 0 Å². The molecule has 1 fully saturated rings. The molecule has 6 heteroatoms. The summed E-state index contributed by atoms with van der Waals surface area (Å²) in [7, 11) is 0. The van der Waals surface area contributed by atoms with Gasteiger partial charge in [0.25, 0.3) is 0 Å². The smallest absolute Gasteiger partial charge is 0.0969 e. The lowest BCUT2D eigenvalue weighted by molar-refractivity contribution is 0.628. The molecule has 1 aromatic carbocycles. The van der Waals surface area contributed by atoms with E-state index in [1.54, 1.807) is 11.3 Å². The number of aromatic nitrogens is 4. The van der Waals surface area contributed by atoms with E-state index < -0.39 is 0 Å². The number of hydrogen-bond donors (Lipinski definition) is 1. The Morgan fingerprint density at radius 3 is 3.20 bits per heavy atom. The van der Waals surface area contributed by atoms with Crippen molar-refractivity contribution in [2.45, 2.75) is 19.4 Å². The minimum Gasteiger partial charge on any atom is -0.311 e. The number of thiazole rings is 1. The van der Waals surface area contributed by atoms with Crippen molar-refractivity contribution in [3.63, 3.8) is 0 Å². The molecule has 0 radical (unpaired) electrons. The Hall–Kier alpha value is -1.79. The van der Waals surface area contributed by atoms with Gasteiger partial charge in [-0.05, 0) is 43.5 Å². The fourth-order valence-corrected chi connectivity index (χ4v) is 2.93. The summed E-state index contributed by atoms with van der Waals surface area (Å²) < 4.78 is 3.00. The third-order valence-electron chi connectivity index (χ3n) is 3.56. The Balaban J connectivity index is 1.50. The molecule has 2 heterocycles. The second-order valence-electron chi connectivity index (χ2n) is 5.23. The molecule has 0 saturated heterocycles. The second-order valence-corrected chi connectivity index (χ2v) is 6.12. The van der Waals surface area contributed by atoms with Crippen LogP contribution in [-0.2, 0) is 6.54 Å². The Morgan fingerprint density at radius 2 is 2.30 bits per heavy atom. The van der Waals surface area contributed by atoms with Crippen molar-refractivity contribution in [2.75, 3.05) is 6.54 Å². The normalized spacial score (nSPS) is 15.0. The number of hydrogen-bond acceptors (Lipinski definition) is 5. The summed E-state index contributed by atoms with van der Waals surface area (Å²) >= 11 is 1.64. The first-order chi connectivity index (χ1) is 9.88. The third-order valence-corrected chi connectivity index (χ3v) is 4.35. The van der Waals surface area contributed by atoms with Crippen LogP contribution in [0.25, 0.3) is 15.9 Å². The van der Waals surface area contributed by atoms with Crippen LogP contribution >= 0.6 is 11.3 Å². The predicted octanol–water partition coefficient (Wildman–Crippen LogP) is 2.38. The molecular weight excluding hydrogens is 270 g/mol. The van der Waals surface area contributed by atoms with Crippen molar-refractivity contribution < 1.29 is 0 Å². The number of benzene rings is 1. The van der Waals surface area contributed by atoms with Crippen LogP contribution in [0.15, 0.2) is 29.9 Å². The summed E-state index contributed by atoms with van der Waals surface area (Å²) in [5.41, 5.74) is 4.91. The van der Waals surface area contributed by atoms with Crippen LogP contribution in [0.1, 0.15) is 18.5 Å². The maximum absolute atomic E-state index is 4.28. The summed E-state index contributed by atoms with van der Waals surface area (Å²) in [5, 5.41) is 11.8. The van der Waals surface area contributed by atoms with Gasteiger partial charge < -0.3 is 5.32 Å². The maximum Gasteiger partial charge on any atom is 0.0969 e. The molecule has 20 heavy (non-hydrogen) atoms. The topological polar surface area (TPSA) is 55.6 Å². The lowest BCUT2D eigenvalue weighted by Gasteiger charge is -2.00. The zero-order chi connectivity index (χ0) is 13.4. The molecule has 3 aromatic rings. The zero-order valence-corrected chi connectivity index (χ0v) is 11.8. The van der Waals surface area contributed by atoms with E-state index in [-0.39, 0.29) is 0 Å². The average molecular weight is 285 g/mol. The van der Waals surface area contributed by atoms with Crippen molar-refractivity contribution in [1.29, 1.82) is 0 Å². The van der Waals surface area contributed by atoms with Gasteiger partial charge in [0.1, 0.15) is 0 Å². The van der Waals surface area contributed by atoms with E-state index in [2.05, 4.69) is 26.7 Å². The number of nitrogens with zero attached hydrogens (tertiary/aromatic N) is 4. The first kappa shape index (κ1) is 12.0. The summed E-state index contributed by atoms with van der Waals surface area (Å²) in [5.74, 6) is 0.888. The van der Waals surface area contributed by atoms with Crippen LogP contribution in [0.3, 0.4) is 0 Å². The van der Waals surface area contributed by atoms with Crippen LogP contribution in [0, 0.1) is 5.92 Å². The molecule has 0 bridgehead atoms. The van der Waals surface area contributed by atoms with Crippen molar-refractivity contribution in [1.82, 2.24) is 25.3 Å². The standard InChI is InChI=1S/C14H15N5S/c1-2-10(1)6-15-7-11-8-19(18-17-11)12-3-4-13-14(5-12)20-9-16-13/h3-5,8-10,15H,1-2,6-7H2.